The van der Waals surface area contributed by atoms with Gasteiger partial charge in [-0.25, -0.2) is 0 Å². The molecule has 2 rings (SSSR count). The number of anilines is 1. The Balaban J connectivity index is 1.59. The van der Waals surface area contributed by atoms with Crippen molar-refractivity contribution in [2.75, 3.05) is 25.0 Å². The average Bonchev–Trinajstić information content (AvgIpc) is 2.46. The van der Waals surface area contributed by atoms with E-state index in [2.05, 4.69) is 47.6 Å². The van der Waals surface area contributed by atoms with Gasteiger partial charge in [-0.05, 0) is 50.8 Å². The highest BCUT2D eigenvalue weighted by atomic mass is 15.1. The SMILES string of the molecule is CN(CCCNC1CCC(N)CC1)c1ccccc1. The van der Waals surface area contributed by atoms with Gasteiger partial charge in [0, 0.05) is 31.4 Å². The quantitative estimate of drug-likeness (QED) is 0.773. The molecule has 1 aliphatic rings. The lowest BCUT2D eigenvalue weighted by atomic mass is 9.92. The molecule has 1 fully saturated rings. The van der Waals surface area contributed by atoms with Gasteiger partial charge in [0.2, 0.25) is 0 Å². The fourth-order valence-corrected chi connectivity index (χ4v) is 2.76. The fourth-order valence-electron chi connectivity index (χ4n) is 2.76. The number of nitrogens with two attached hydrogens (primary N) is 1. The molecule has 1 saturated carbocycles. The van der Waals surface area contributed by atoms with Gasteiger partial charge in [0.05, 0.1) is 0 Å². The summed E-state index contributed by atoms with van der Waals surface area (Å²) in [5, 5.41) is 3.67. The van der Waals surface area contributed by atoms with Crippen molar-refractivity contribution < 1.29 is 0 Å². The van der Waals surface area contributed by atoms with Gasteiger partial charge in [-0.3, -0.25) is 0 Å². The molecule has 0 atom stereocenters. The summed E-state index contributed by atoms with van der Waals surface area (Å²) >= 11 is 0. The van der Waals surface area contributed by atoms with E-state index in [9.17, 15) is 0 Å². The topological polar surface area (TPSA) is 41.3 Å². The van der Waals surface area contributed by atoms with E-state index in [0.717, 1.165) is 13.1 Å². The summed E-state index contributed by atoms with van der Waals surface area (Å²) < 4.78 is 0. The van der Waals surface area contributed by atoms with Crippen LogP contribution in [-0.2, 0) is 0 Å². The molecule has 3 N–H and O–H groups in total. The zero-order valence-electron chi connectivity index (χ0n) is 12.0. The van der Waals surface area contributed by atoms with E-state index < -0.39 is 0 Å². The predicted molar refractivity (Wildman–Crippen MR) is 82.6 cm³/mol. The van der Waals surface area contributed by atoms with Crippen molar-refractivity contribution in [3.05, 3.63) is 30.3 Å². The van der Waals surface area contributed by atoms with Crippen LogP contribution in [-0.4, -0.2) is 32.2 Å². The molecule has 106 valence electrons. The van der Waals surface area contributed by atoms with E-state index in [-0.39, 0.29) is 0 Å². The van der Waals surface area contributed by atoms with Crippen LogP contribution in [0.2, 0.25) is 0 Å². The van der Waals surface area contributed by atoms with Gasteiger partial charge in [0.25, 0.3) is 0 Å². The van der Waals surface area contributed by atoms with Crippen molar-refractivity contribution in [3.63, 3.8) is 0 Å². The number of nitrogens with zero attached hydrogens (tertiary/aromatic N) is 1. The lowest BCUT2D eigenvalue weighted by molar-refractivity contribution is 0.342. The van der Waals surface area contributed by atoms with Crippen LogP contribution >= 0.6 is 0 Å². The summed E-state index contributed by atoms with van der Waals surface area (Å²) in [5.74, 6) is 0. The maximum Gasteiger partial charge on any atom is 0.0363 e. The number of benzene rings is 1. The molecule has 1 aromatic rings. The highest BCUT2D eigenvalue weighted by molar-refractivity contribution is 5.44. The molecule has 3 heteroatoms. The van der Waals surface area contributed by atoms with Gasteiger partial charge in [-0.15, -0.1) is 0 Å². The molecular formula is C16H27N3. The van der Waals surface area contributed by atoms with Crippen molar-refractivity contribution in [1.82, 2.24) is 5.32 Å². The second kappa shape index (κ2) is 7.51. The second-order valence-corrected chi connectivity index (χ2v) is 5.68. The number of hydrogen-bond acceptors (Lipinski definition) is 3. The molecule has 0 heterocycles. The molecule has 0 saturated heterocycles. The van der Waals surface area contributed by atoms with Gasteiger partial charge >= 0.3 is 0 Å². The molecule has 1 aliphatic carbocycles. The van der Waals surface area contributed by atoms with Gasteiger partial charge in [0.1, 0.15) is 0 Å². The van der Waals surface area contributed by atoms with E-state index in [0.29, 0.717) is 12.1 Å². The largest absolute Gasteiger partial charge is 0.375 e. The maximum atomic E-state index is 5.92. The third-order valence-electron chi connectivity index (χ3n) is 4.07. The summed E-state index contributed by atoms with van der Waals surface area (Å²) in [6.45, 7) is 2.21. The van der Waals surface area contributed by atoms with Gasteiger partial charge < -0.3 is 16.0 Å². The highest BCUT2D eigenvalue weighted by Crippen LogP contribution is 2.17. The van der Waals surface area contributed by atoms with Gasteiger partial charge in [-0.2, -0.15) is 0 Å². The Hall–Kier alpha value is -1.06. The summed E-state index contributed by atoms with van der Waals surface area (Å²) in [5.41, 5.74) is 7.22. The van der Waals surface area contributed by atoms with E-state index in [1.54, 1.807) is 0 Å². The van der Waals surface area contributed by atoms with Gasteiger partial charge in [-0.1, -0.05) is 18.2 Å². The molecule has 0 radical (unpaired) electrons. The van der Waals surface area contributed by atoms with E-state index in [1.165, 1.54) is 37.8 Å². The first-order valence-electron chi connectivity index (χ1n) is 7.51. The fraction of sp³-hybridized carbons (Fsp3) is 0.625. The Labute approximate surface area is 117 Å². The van der Waals surface area contributed by atoms with Crippen LogP contribution in [0.3, 0.4) is 0 Å². The zero-order chi connectivity index (χ0) is 13.5. The Morgan fingerprint density at radius 2 is 1.84 bits per heavy atom. The zero-order valence-corrected chi connectivity index (χ0v) is 12.0. The Morgan fingerprint density at radius 3 is 2.53 bits per heavy atom. The van der Waals surface area contributed by atoms with E-state index >= 15 is 0 Å². The molecule has 19 heavy (non-hydrogen) atoms. The van der Waals surface area contributed by atoms with Crippen molar-refractivity contribution in [1.29, 1.82) is 0 Å². The van der Waals surface area contributed by atoms with Crippen LogP contribution in [0.15, 0.2) is 30.3 Å². The third kappa shape index (κ3) is 4.84. The van der Waals surface area contributed by atoms with Crippen LogP contribution in [0.4, 0.5) is 5.69 Å². The van der Waals surface area contributed by atoms with Crippen molar-refractivity contribution in [2.24, 2.45) is 5.73 Å². The molecule has 0 bridgehead atoms. The van der Waals surface area contributed by atoms with Crippen LogP contribution < -0.4 is 16.0 Å². The molecule has 0 unspecified atom stereocenters. The second-order valence-electron chi connectivity index (χ2n) is 5.68. The minimum Gasteiger partial charge on any atom is -0.375 e. The number of nitrogens with one attached hydrogen (secondary N) is 1. The minimum atomic E-state index is 0.447. The molecule has 0 spiro atoms. The van der Waals surface area contributed by atoms with Crippen molar-refractivity contribution in [2.45, 2.75) is 44.2 Å². The Kier molecular flexibility index (Phi) is 5.67. The third-order valence-corrected chi connectivity index (χ3v) is 4.07. The predicted octanol–water partition coefficient (Wildman–Crippen LogP) is 2.37. The summed E-state index contributed by atoms with van der Waals surface area (Å²) in [7, 11) is 2.16. The first-order chi connectivity index (χ1) is 9.25. The number of hydrogen-bond donors (Lipinski definition) is 2. The van der Waals surface area contributed by atoms with E-state index in [1.807, 2.05) is 0 Å². The van der Waals surface area contributed by atoms with Crippen LogP contribution in [0.25, 0.3) is 0 Å². The lowest BCUT2D eigenvalue weighted by Gasteiger charge is -2.27. The molecule has 0 aliphatic heterocycles. The molecule has 0 aromatic heterocycles. The first-order valence-corrected chi connectivity index (χ1v) is 7.51. The summed E-state index contributed by atoms with van der Waals surface area (Å²) in [4.78, 5) is 2.32. The Morgan fingerprint density at radius 1 is 1.16 bits per heavy atom. The Bertz CT molecular complexity index is 344. The molecular weight excluding hydrogens is 234 g/mol. The highest BCUT2D eigenvalue weighted by Gasteiger charge is 2.17. The van der Waals surface area contributed by atoms with Crippen LogP contribution in [0, 0.1) is 0 Å². The van der Waals surface area contributed by atoms with Gasteiger partial charge in [0.15, 0.2) is 0 Å². The lowest BCUT2D eigenvalue weighted by Crippen LogP contribution is -2.38. The van der Waals surface area contributed by atoms with E-state index in [4.69, 9.17) is 5.73 Å². The molecule has 0 amide bonds. The maximum absolute atomic E-state index is 5.92. The monoisotopic (exact) mass is 261 g/mol. The molecule has 3 nitrogen and oxygen atoms in total. The standard InChI is InChI=1S/C16H27N3/c1-19(16-6-3-2-4-7-16)13-5-12-18-15-10-8-14(17)9-11-15/h2-4,6-7,14-15,18H,5,8-13,17H2,1H3. The van der Waals surface area contributed by atoms with Crippen LogP contribution in [0.5, 0.6) is 0 Å². The first kappa shape index (κ1) is 14.4. The normalized spacial score (nSPS) is 23.3. The minimum absolute atomic E-state index is 0.447. The number of rotatable bonds is 6. The molecule has 1 aromatic carbocycles. The van der Waals surface area contributed by atoms with Crippen molar-refractivity contribution >= 4 is 5.69 Å². The summed E-state index contributed by atoms with van der Waals surface area (Å²) in [6.07, 6.45) is 6.04. The number of para-hydroxylation sites is 1. The van der Waals surface area contributed by atoms with Crippen LogP contribution in [0.1, 0.15) is 32.1 Å². The smallest absolute Gasteiger partial charge is 0.0363 e. The van der Waals surface area contributed by atoms with Crippen molar-refractivity contribution in [3.8, 4) is 0 Å². The average molecular weight is 261 g/mol. The summed E-state index contributed by atoms with van der Waals surface area (Å²) in [6, 6.07) is 11.7.